The summed E-state index contributed by atoms with van der Waals surface area (Å²) in [6.07, 6.45) is -14.9. The maximum atomic E-state index is 12.9. The summed E-state index contributed by atoms with van der Waals surface area (Å²) in [5.41, 5.74) is -5.27. The van der Waals surface area contributed by atoms with Gasteiger partial charge in [-0.15, -0.1) is 0 Å². The minimum absolute atomic E-state index is 0.00414. The Morgan fingerprint density at radius 3 is 1.16 bits per heavy atom. The van der Waals surface area contributed by atoms with Crippen LogP contribution in [0.25, 0.3) is 0 Å². The first-order valence-electron chi connectivity index (χ1n) is 13.0. The molecule has 0 aromatic rings. The predicted molar refractivity (Wildman–Crippen MR) is 119 cm³/mol. The first kappa shape index (κ1) is 30.8. The third kappa shape index (κ3) is 5.50. The van der Waals surface area contributed by atoms with Gasteiger partial charge in [-0.2, -0.15) is 39.5 Å². The number of ether oxygens (including phenoxy) is 2. The van der Waals surface area contributed by atoms with Gasteiger partial charge in [0.2, 0.25) is 0 Å². The van der Waals surface area contributed by atoms with E-state index in [-0.39, 0.29) is 55.8 Å². The first-order chi connectivity index (χ1) is 16.5. The monoisotopic (exact) mass is 554 g/mol. The van der Waals surface area contributed by atoms with E-state index >= 15 is 0 Å². The molecule has 0 aromatic heterocycles. The van der Waals surface area contributed by atoms with E-state index in [1.807, 2.05) is 13.8 Å². The lowest BCUT2D eigenvalue weighted by Crippen LogP contribution is -2.50. The highest BCUT2D eigenvalue weighted by Gasteiger charge is 2.69. The minimum Gasteiger partial charge on any atom is -0.374 e. The van der Waals surface area contributed by atoms with Crippen molar-refractivity contribution in [1.82, 2.24) is 0 Å². The van der Waals surface area contributed by atoms with E-state index < -0.39 is 47.8 Å². The summed E-state index contributed by atoms with van der Waals surface area (Å²) in [4.78, 5) is 0. The Bertz CT molecular complexity index is 785. The maximum absolute atomic E-state index is 12.9. The number of fused-ring (bicyclic) bond motifs is 4. The van der Waals surface area contributed by atoms with Crippen molar-refractivity contribution in [2.75, 3.05) is 0 Å². The normalized spacial score (nSPS) is 40.2. The lowest BCUT2D eigenvalue weighted by Gasteiger charge is -2.38. The molecule has 0 aromatic carbocycles. The SMILES string of the molecule is CC1C2CC(CC(C)(C(F)(F)F)C(F)(F)F)C(O2)C1C.CC1C2CC(CC(C)(C)C(F)(F)F)C(O2)C1C. The molecular weight excluding hydrogens is 515 g/mol. The van der Waals surface area contributed by atoms with E-state index in [9.17, 15) is 39.5 Å². The summed E-state index contributed by atoms with van der Waals surface area (Å²) in [6.45, 7) is 10.9. The van der Waals surface area contributed by atoms with Crippen LogP contribution < -0.4 is 0 Å². The van der Waals surface area contributed by atoms with Crippen molar-refractivity contribution in [2.24, 2.45) is 46.3 Å². The van der Waals surface area contributed by atoms with Gasteiger partial charge in [-0.1, -0.05) is 41.5 Å². The van der Waals surface area contributed by atoms with Gasteiger partial charge in [0.25, 0.3) is 0 Å². The summed E-state index contributed by atoms with van der Waals surface area (Å²) in [6, 6.07) is 0. The Kier molecular flexibility index (Phi) is 8.11. The zero-order valence-corrected chi connectivity index (χ0v) is 22.3. The molecule has 4 heterocycles. The second-order valence-electron chi connectivity index (χ2n) is 12.8. The third-order valence-electron chi connectivity index (χ3n) is 9.99. The minimum atomic E-state index is -5.30. The van der Waals surface area contributed by atoms with Gasteiger partial charge >= 0.3 is 18.5 Å². The second kappa shape index (κ2) is 9.73. The zero-order chi connectivity index (χ0) is 28.5. The fourth-order valence-electron chi connectivity index (χ4n) is 6.75. The first-order valence-corrected chi connectivity index (χ1v) is 13.0. The van der Waals surface area contributed by atoms with Crippen LogP contribution in [-0.2, 0) is 9.47 Å². The Balaban J connectivity index is 0.000000208. The molecule has 37 heavy (non-hydrogen) atoms. The molecule has 11 heteroatoms. The van der Waals surface area contributed by atoms with E-state index in [2.05, 4.69) is 13.8 Å². The van der Waals surface area contributed by atoms with Crippen LogP contribution in [0.4, 0.5) is 39.5 Å². The van der Waals surface area contributed by atoms with Crippen molar-refractivity contribution < 1.29 is 49.0 Å². The van der Waals surface area contributed by atoms with Crippen LogP contribution in [0.15, 0.2) is 0 Å². The third-order valence-corrected chi connectivity index (χ3v) is 9.99. The average molecular weight is 555 g/mol. The molecule has 4 fully saturated rings. The maximum Gasteiger partial charge on any atom is 0.402 e. The van der Waals surface area contributed by atoms with Crippen molar-refractivity contribution in [3.8, 4) is 0 Å². The highest BCUT2D eigenvalue weighted by molar-refractivity contribution is 5.02. The zero-order valence-electron chi connectivity index (χ0n) is 22.3. The quantitative estimate of drug-likeness (QED) is 0.324. The number of hydrogen-bond acceptors (Lipinski definition) is 2. The molecule has 10 atom stereocenters. The van der Waals surface area contributed by atoms with Gasteiger partial charge in [0.1, 0.15) is 0 Å². The summed E-state index contributed by atoms with van der Waals surface area (Å²) >= 11 is 0. The molecule has 4 aliphatic rings. The standard InChI is InChI=1S/C13H18F6O.C13H21F3O/c1-6-7(2)10-8(4-9(6)20-10)5-11(3,12(14,15)16)13(17,18)19;1-7-8(2)11-9(5-10(7)17-11)6-12(3,4)13(14,15)16/h6-10H,4-5H2,1-3H3;7-11H,5-6H2,1-4H3. The Morgan fingerprint density at radius 1 is 0.541 bits per heavy atom. The Labute approximate surface area is 213 Å². The Morgan fingerprint density at radius 2 is 0.892 bits per heavy atom. The fourth-order valence-corrected chi connectivity index (χ4v) is 6.75. The molecule has 0 amide bonds. The van der Waals surface area contributed by atoms with E-state index in [0.717, 1.165) is 6.42 Å². The molecule has 0 spiro atoms. The topological polar surface area (TPSA) is 18.5 Å². The fraction of sp³-hybridized carbons (Fsp3) is 1.00. The van der Waals surface area contributed by atoms with E-state index in [4.69, 9.17) is 9.47 Å². The Hall–Kier alpha value is -0.710. The van der Waals surface area contributed by atoms with Crippen molar-refractivity contribution in [3.63, 3.8) is 0 Å². The molecule has 10 unspecified atom stereocenters. The van der Waals surface area contributed by atoms with Gasteiger partial charge in [0.15, 0.2) is 5.41 Å². The van der Waals surface area contributed by atoms with Gasteiger partial charge < -0.3 is 9.47 Å². The predicted octanol–water partition coefficient (Wildman–Crippen LogP) is 8.59. The molecule has 4 bridgehead atoms. The van der Waals surface area contributed by atoms with Crippen LogP contribution in [0.3, 0.4) is 0 Å². The molecule has 0 saturated carbocycles. The van der Waals surface area contributed by atoms with Gasteiger partial charge in [0, 0.05) is 0 Å². The average Bonchev–Trinajstić information content (AvgIpc) is 3.44. The van der Waals surface area contributed by atoms with Gasteiger partial charge in [-0.3, -0.25) is 0 Å². The number of alkyl halides is 9. The van der Waals surface area contributed by atoms with Gasteiger partial charge in [0.05, 0.1) is 29.8 Å². The molecule has 0 radical (unpaired) electrons. The molecular formula is C26H39F9O2. The molecule has 0 N–H and O–H groups in total. The highest BCUT2D eigenvalue weighted by atomic mass is 19.4. The summed E-state index contributed by atoms with van der Waals surface area (Å²) in [7, 11) is 0. The summed E-state index contributed by atoms with van der Waals surface area (Å²) in [5, 5.41) is 0. The summed E-state index contributed by atoms with van der Waals surface area (Å²) in [5.74, 6) is 0.471. The van der Waals surface area contributed by atoms with Crippen LogP contribution in [0, 0.1) is 46.3 Å². The van der Waals surface area contributed by atoms with Crippen LogP contribution in [0.5, 0.6) is 0 Å². The van der Waals surface area contributed by atoms with E-state index in [0.29, 0.717) is 11.8 Å². The van der Waals surface area contributed by atoms with Crippen molar-refractivity contribution in [2.45, 2.75) is 117 Å². The van der Waals surface area contributed by atoms with Crippen LogP contribution in [0.2, 0.25) is 0 Å². The van der Waals surface area contributed by atoms with Gasteiger partial charge in [-0.05, 0) is 68.1 Å². The second-order valence-corrected chi connectivity index (χ2v) is 12.8. The molecule has 2 nitrogen and oxygen atoms in total. The largest absolute Gasteiger partial charge is 0.402 e. The molecule has 4 rings (SSSR count). The van der Waals surface area contributed by atoms with E-state index in [1.54, 1.807) is 0 Å². The lowest BCUT2D eigenvalue weighted by atomic mass is 9.69. The van der Waals surface area contributed by atoms with Crippen LogP contribution >= 0.6 is 0 Å². The van der Waals surface area contributed by atoms with Gasteiger partial charge in [-0.25, -0.2) is 0 Å². The summed E-state index contributed by atoms with van der Waals surface area (Å²) < 4.78 is 127. The highest BCUT2D eigenvalue weighted by Crippen LogP contribution is 2.58. The van der Waals surface area contributed by atoms with E-state index in [1.165, 1.54) is 13.8 Å². The molecule has 0 aliphatic carbocycles. The molecule has 4 aliphatic heterocycles. The molecule has 4 saturated heterocycles. The number of halogens is 9. The van der Waals surface area contributed by atoms with Crippen LogP contribution in [0.1, 0.15) is 74.1 Å². The number of hydrogen-bond donors (Lipinski definition) is 0. The van der Waals surface area contributed by atoms with Crippen molar-refractivity contribution >= 4 is 0 Å². The number of rotatable bonds is 4. The lowest BCUT2D eigenvalue weighted by molar-refractivity contribution is -0.340. The smallest absolute Gasteiger partial charge is 0.374 e. The van der Waals surface area contributed by atoms with Crippen molar-refractivity contribution in [1.29, 1.82) is 0 Å². The van der Waals surface area contributed by atoms with Crippen LogP contribution in [-0.4, -0.2) is 42.9 Å². The molecule has 218 valence electrons. The van der Waals surface area contributed by atoms with Crippen molar-refractivity contribution in [3.05, 3.63) is 0 Å².